The molecule has 1 heterocycles. The topological polar surface area (TPSA) is 46.3 Å². The van der Waals surface area contributed by atoms with Crippen LogP contribution in [0.2, 0.25) is 0 Å². The third kappa shape index (κ3) is 3.30. The molecule has 3 rings (SSSR count). The second-order valence-electron chi connectivity index (χ2n) is 6.91. The van der Waals surface area contributed by atoms with Gasteiger partial charge in [-0.2, -0.15) is 0 Å². The van der Waals surface area contributed by atoms with E-state index in [9.17, 15) is 4.79 Å². The van der Waals surface area contributed by atoms with E-state index in [-0.39, 0.29) is 24.4 Å². The van der Waals surface area contributed by atoms with E-state index in [4.69, 9.17) is 5.73 Å². The zero-order chi connectivity index (χ0) is 13.2. The summed E-state index contributed by atoms with van der Waals surface area (Å²) in [6.45, 7) is 1.01. The monoisotopic (exact) mass is 300 g/mol. The van der Waals surface area contributed by atoms with Crippen LogP contribution >= 0.6 is 12.4 Å². The molecule has 2 saturated carbocycles. The lowest BCUT2D eigenvalue weighted by atomic mass is 9.84. The standard InChI is InChI=1S/C16H28N2O.ClH/c17-14-8-3-7-13(11-14)16(19)18-10-4-9-15(18)12-5-1-2-6-12;/h12-15H,1-11,17H2;1H. The molecule has 3 fully saturated rings. The Morgan fingerprint density at radius 1 is 0.950 bits per heavy atom. The first-order chi connectivity index (χ1) is 9.25. The molecule has 3 aliphatic rings. The Kier molecular flexibility index (Phi) is 5.74. The number of halogens is 1. The summed E-state index contributed by atoms with van der Waals surface area (Å²) in [6, 6.07) is 0.823. The maximum atomic E-state index is 12.8. The zero-order valence-electron chi connectivity index (χ0n) is 12.4. The van der Waals surface area contributed by atoms with E-state index in [0.29, 0.717) is 11.9 Å². The van der Waals surface area contributed by atoms with E-state index in [1.165, 1.54) is 38.5 Å². The Morgan fingerprint density at radius 3 is 2.40 bits per heavy atom. The second kappa shape index (κ2) is 7.13. The van der Waals surface area contributed by atoms with Crippen molar-refractivity contribution in [2.75, 3.05) is 6.54 Å². The van der Waals surface area contributed by atoms with Crippen molar-refractivity contribution in [1.82, 2.24) is 4.90 Å². The lowest BCUT2D eigenvalue weighted by Gasteiger charge is -2.34. The minimum Gasteiger partial charge on any atom is -0.339 e. The Balaban J connectivity index is 0.00000147. The summed E-state index contributed by atoms with van der Waals surface area (Å²) in [4.78, 5) is 15.0. The van der Waals surface area contributed by atoms with Crippen LogP contribution in [0.3, 0.4) is 0 Å². The van der Waals surface area contributed by atoms with Gasteiger partial charge in [-0.1, -0.05) is 19.3 Å². The van der Waals surface area contributed by atoms with Gasteiger partial charge >= 0.3 is 0 Å². The zero-order valence-corrected chi connectivity index (χ0v) is 13.2. The van der Waals surface area contributed by atoms with Crippen LogP contribution < -0.4 is 5.73 Å². The molecular weight excluding hydrogens is 272 g/mol. The van der Waals surface area contributed by atoms with E-state index in [0.717, 1.165) is 38.1 Å². The molecule has 1 amide bonds. The average molecular weight is 301 g/mol. The first-order valence-corrected chi connectivity index (χ1v) is 8.32. The first kappa shape index (κ1) is 16.1. The molecule has 116 valence electrons. The van der Waals surface area contributed by atoms with Crippen molar-refractivity contribution in [1.29, 1.82) is 0 Å². The van der Waals surface area contributed by atoms with Gasteiger partial charge in [0, 0.05) is 24.5 Å². The van der Waals surface area contributed by atoms with E-state index >= 15 is 0 Å². The van der Waals surface area contributed by atoms with E-state index in [1.807, 2.05) is 0 Å². The summed E-state index contributed by atoms with van der Waals surface area (Å²) in [6.07, 6.45) is 12.1. The van der Waals surface area contributed by atoms with Crippen LogP contribution in [0.25, 0.3) is 0 Å². The highest BCUT2D eigenvalue weighted by molar-refractivity contribution is 5.85. The van der Waals surface area contributed by atoms with Gasteiger partial charge in [0.25, 0.3) is 0 Å². The molecule has 4 heteroatoms. The third-order valence-corrected chi connectivity index (χ3v) is 5.59. The molecule has 1 saturated heterocycles. The van der Waals surface area contributed by atoms with Crippen LogP contribution in [0.15, 0.2) is 0 Å². The summed E-state index contributed by atoms with van der Waals surface area (Å²) in [7, 11) is 0. The normalized spacial score (nSPS) is 35.0. The fourth-order valence-electron chi connectivity index (χ4n) is 4.58. The molecule has 3 atom stereocenters. The van der Waals surface area contributed by atoms with Crippen molar-refractivity contribution in [2.45, 2.75) is 76.3 Å². The van der Waals surface area contributed by atoms with E-state index in [1.54, 1.807) is 0 Å². The molecular formula is C16H29ClN2O. The van der Waals surface area contributed by atoms with Crippen LogP contribution in [-0.2, 0) is 4.79 Å². The van der Waals surface area contributed by atoms with Gasteiger partial charge in [0.2, 0.25) is 5.91 Å². The number of nitrogens with zero attached hydrogens (tertiary/aromatic N) is 1. The first-order valence-electron chi connectivity index (χ1n) is 8.32. The summed E-state index contributed by atoms with van der Waals surface area (Å²) < 4.78 is 0. The van der Waals surface area contributed by atoms with E-state index < -0.39 is 0 Å². The van der Waals surface area contributed by atoms with Crippen LogP contribution in [-0.4, -0.2) is 29.4 Å². The number of carbonyl (C=O) groups is 1. The highest BCUT2D eigenvalue weighted by Gasteiger charge is 2.38. The van der Waals surface area contributed by atoms with Gasteiger partial charge in [0.1, 0.15) is 0 Å². The predicted molar refractivity (Wildman–Crippen MR) is 83.9 cm³/mol. The highest BCUT2D eigenvalue weighted by Crippen LogP contribution is 2.37. The van der Waals surface area contributed by atoms with Gasteiger partial charge < -0.3 is 10.6 Å². The Hall–Kier alpha value is -0.280. The average Bonchev–Trinajstić information content (AvgIpc) is 3.08. The number of likely N-dealkylation sites (tertiary alicyclic amines) is 1. The Bertz CT molecular complexity index is 330. The largest absolute Gasteiger partial charge is 0.339 e. The van der Waals surface area contributed by atoms with Crippen LogP contribution in [0.4, 0.5) is 0 Å². The lowest BCUT2D eigenvalue weighted by Crippen LogP contribution is -2.45. The minimum absolute atomic E-state index is 0. The molecule has 0 aromatic heterocycles. The maximum absolute atomic E-state index is 12.8. The van der Waals surface area contributed by atoms with E-state index in [2.05, 4.69) is 4.90 Å². The van der Waals surface area contributed by atoms with Gasteiger partial charge in [-0.3, -0.25) is 4.79 Å². The van der Waals surface area contributed by atoms with Crippen molar-refractivity contribution in [2.24, 2.45) is 17.6 Å². The Morgan fingerprint density at radius 2 is 1.70 bits per heavy atom. The molecule has 3 nitrogen and oxygen atoms in total. The van der Waals surface area contributed by atoms with Crippen molar-refractivity contribution in [3.05, 3.63) is 0 Å². The van der Waals surface area contributed by atoms with Gasteiger partial charge in [-0.15, -0.1) is 12.4 Å². The third-order valence-electron chi connectivity index (χ3n) is 5.59. The number of amides is 1. The van der Waals surface area contributed by atoms with Crippen molar-refractivity contribution in [3.63, 3.8) is 0 Å². The smallest absolute Gasteiger partial charge is 0.225 e. The van der Waals surface area contributed by atoms with Gasteiger partial charge in [0.05, 0.1) is 0 Å². The van der Waals surface area contributed by atoms with Crippen LogP contribution in [0.1, 0.15) is 64.2 Å². The summed E-state index contributed by atoms with van der Waals surface area (Å²) in [5.41, 5.74) is 6.05. The van der Waals surface area contributed by atoms with Gasteiger partial charge in [0.15, 0.2) is 0 Å². The van der Waals surface area contributed by atoms with Gasteiger partial charge in [-0.25, -0.2) is 0 Å². The van der Waals surface area contributed by atoms with Crippen LogP contribution in [0, 0.1) is 11.8 Å². The number of carbonyl (C=O) groups excluding carboxylic acids is 1. The summed E-state index contributed by atoms with van der Waals surface area (Å²) in [5, 5.41) is 0. The molecule has 0 aromatic rings. The molecule has 0 aromatic carbocycles. The number of nitrogens with two attached hydrogens (primary N) is 1. The molecule has 2 N–H and O–H groups in total. The van der Waals surface area contributed by atoms with Gasteiger partial charge in [-0.05, 0) is 50.9 Å². The Labute approximate surface area is 129 Å². The second-order valence-corrected chi connectivity index (χ2v) is 6.91. The fourth-order valence-corrected chi connectivity index (χ4v) is 4.58. The molecule has 20 heavy (non-hydrogen) atoms. The molecule has 0 radical (unpaired) electrons. The van der Waals surface area contributed by atoms with Crippen LogP contribution in [0.5, 0.6) is 0 Å². The lowest BCUT2D eigenvalue weighted by molar-refractivity contribution is -0.138. The predicted octanol–water partition coefficient (Wildman–Crippen LogP) is 3.11. The van der Waals surface area contributed by atoms with Crippen molar-refractivity contribution in [3.8, 4) is 0 Å². The number of hydrogen-bond donors (Lipinski definition) is 1. The molecule has 0 bridgehead atoms. The summed E-state index contributed by atoms with van der Waals surface area (Å²) >= 11 is 0. The minimum atomic E-state index is 0. The quantitative estimate of drug-likeness (QED) is 0.852. The molecule has 0 spiro atoms. The molecule has 1 aliphatic heterocycles. The summed E-state index contributed by atoms with van der Waals surface area (Å²) in [5.74, 6) is 1.46. The number of hydrogen-bond acceptors (Lipinski definition) is 2. The SMILES string of the molecule is Cl.NC1CCCC(C(=O)N2CCCC2C2CCCC2)C1. The number of rotatable bonds is 2. The molecule has 3 unspecified atom stereocenters. The molecule has 2 aliphatic carbocycles. The fraction of sp³-hybridized carbons (Fsp3) is 0.938. The van der Waals surface area contributed by atoms with Crippen molar-refractivity contribution >= 4 is 18.3 Å². The highest BCUT2D eigenvalue weighted by atomic mass is 35.5. The maximum Gasteiger partial charge on any atom is 0.225 e. The van der Waals surface area contributed by atoms with Crippen molar-refractivity contribution < 1.29 is 4.79 Å².